The normalized spacial score (nSPS) is 24.9. The molecule has 3 fully saturated rings. The Balaban J connectivity index is 1.32. The molecular weight excluding hydrogens is 451 g/mol. The van der Waals surface area contributed by atoms with Crippen LogP contribution in [0.1, 0.15) is 55.8 Å². The molecule has 2 bridgehead atoms. The maximum atomic E-state index is 12.6. The van der Waals surface area contributed by atoms with E-state index >= 15 is 0 Å². The number of rotatable bonds is 6. The quantitative estimate of drug-likeness (QED) is 0.575. The Kier molecular flexibility index (Phi) is 6.09. The lowest BCUT2D eigenvalue weighted by Gasteiger charge is -2.39. The fourth-order valence-electron chi connectivity index (χ4n) is 5.09. The number of ether oxygens (including phenoxy) is 1. The molecular formula is C23H28Cl2N4O3. The van der Waals surface area contributed by atoms with E-state index in [2.05, 4.69) is 10.6 Å². The Morgan fingerprint density at radius 2 is 1.84 bits per heavy atom. The Labute approximate surface area is 197 Å². The van der Waals surface area contributed by atoms with Crippen LogP contribution in [0.25, 0.3) is 11.3 Å². The van der Waals surface area contributed by atoms with E-state index in [0.29, 0.717) is 33.8 Å². The molecule has 0 radical (unpaired) electrons. The van der Waals surface area contributed by atoms with Crippen LogP contribution in [0.2, 0.25) is 10.0 Å². The van der Waals surface area contributed by atoms with Gasteiger partial charge in [0.1, 0.15) is 11.5 Å². The molecule has 2 amide bonds. The van der Waals surface area contributed by atoms with E-state index in [4.69, 9.17) is 32.5 Å². The van der Waals surface area contributed by atoms with Gasteiger partial charge < -0.3 is 14.2 Å². The minimum absolute atomic E-state index is 0.0216. The highest BCUT2D eigenvalue weighted by molar-refractivity contribution is 6.39. The summed E-state index contributed by atoms with van der Waals surface area (Å²) in [5.74, 6) is 1.28. The maximum Gasteiger partial charge on any atom is 0.332 e. The zero-order valence-electron chi connectivity index (χ0n) is 18.3. The van der Waals surface area contributed by atoms with Crippen molar-refractivity contribution in [3.63, 3.8) is 0 Å². The number of benzene rings is 1. The van der Waals surface area contributed by atoms with Crippen molar-refractivity contribution in [3.8, 4) is 11.3 Å². The smallest absolute Gasteiger partial charge is 0.332 e. The van der Waals surface area contributed by atoms with E-state index in [1.54, 1.807) is 5.01 Å². The molecule has 9 heteroatoms. The first kappa shape index (κ1) is 22.0. The first-order valence-corrected chi connectivity index (χ1v) is 12.0. The summed E-state index contributed by atoms with van der Waals surface area (Å²) in [5, 5.41) is 7.14. The molecule has 2 aromatic rings. The molecule has 1 N–H and O–H groups in total. The third-order valence-electron chi connectivity index (χ3n) is 6.67. The van der Waals surface area contributed by atoms with Gasteiger partial charge >= 0.3 is 6.03 Å². The largest absolute Gasteiger partial charge is 0.373 e. The minimum Gasteiger partial charge on any atom is -0.373 e. The zero-order valence-corrected chi connectivity index (χ0v) is 19.8. The van der Waals surface area contributed by atoms with Crippen molar-refractivity contribution in [2.24, 2.45) is 0 Å². The summed E-state index contributed by atoms with van der Waals surface area (Å²) in [6.45, 7) is 0.403. The summed E-state index contributed by atoms with van der Waals surface area (Å²) in [6, 6.07) is 5.84. The summed E-state index contributed by atoms with van der Waals surface area (Å²) in [4.78, 5) is 14.6. The van der Waals surface area contributed by atoms with Crippen molar-refractivity contribution >= 4 is 29.2 Å². The van der Waals surface area contributed by atoms with Gasteiger partial charge in [0.25, 0.3) is 0 Å². The highest BCUT2D eigenvalue weighted by Crippen LogP contribution is 2.46. The van der Waals surface area contributed by atoms with Gasteiger partial charge in [-0.05, 0) is 50.7 Å². The van der Waals surface area contributed by atoms with Crippen LogP contribution in [0.3, 0.4) is 0 Å². The number of urea groups is 1. The van der Waals surface area contributed by atoms with Crippen LogP contribution in [0.4, 0.5) is 4.79 Å². The number of nitrogens with one attached hydrogen (secondary N) is 1. The first-order valence-electron chi connectivity index (χ1n) is 11.2. The van der Waals surface area contributed by atoms with Crippen molar-refractivity contribution in [2.45, 2.75) is 69.2 Å². The molecule has 172 valence electrons. The molecule has 7 nitrogen and oxygen atoms in total. The Hall–Kier alpha value is -1.80. The number of aromatic nitrogens is 1. The highest BCUT2D eigenvalue weighted by Gasteiger charge is 2.44. The number of fused-ring (bicyclic) bond motifs is 2. The van der Waals surface area contributed by atoms with Crippen LogP contribution in [-0.2, 0) is 11.3 Å². The lowest BCUT2D eigenvalue weighted by Crippen LogP contribution is -2.54. The van der Waals surface area contributed by atoms with Gasteiger partial charge in [-0.1, -0.05) is 34.4 Å². The molecule has 1 aliphatic carbocycles. The van der Waals surface area contributed by atoms with Gasteiger partial charge in [0, 0.05) is 43.2 Å². The first-order chi connectivity index (χ1) is 15.4. The van der Waals surface area contributed by atoms with E-state index in [1.807, 2.05) is 37.2 Å². The lowest BCUT2D eigenvalue weighted by molar-refractivity contribution is -0.0185. The zero-order chi connectivity index (χ0) is 22.4. The number of piperidine rings is 1. The second-order valence-corrected chi connectivity index (χ2v) is 10.1. The standard InChI is InChI=1S/C23H28Cl2N4O3/c1-28(2)26-23(30)29-14-8-9-15(29)11-16(10-14)31-12-17-21(27-32-22(17)13-6-7-13)20-18(24)4-3-5-19(20)25/h3-5,13-16H,6-12H2,1-2H3,(H,26,30)/t14-,15+,16+. The minimum atomic E-state index is -0.0216. The highest BCUT2D eigenvalue weighted by atomic mass is 35.5. The summed E-state index contributed by atoms with van der Waals surface area (Å²) < 4.78 is 12.2. The molecule has 2 saturated heterocycles. The lowest BCUT2D eigenvalue weighted by atomic mass is 9.99. The Morgan fingerprint density at radius 1 is 1.19 bits per heavy atom. The van der Waals surface area contributed by atoms with Gasteiger partial charge in [-0.15, -0.1) is 0 Å². The van der Waals surface area contributed by atoms with E-state index in [-0.39, 0.29) is 24.2 Å². The second-order valence-electron chi connectivity index (χ2n) is 9.25. The van der Waals surface area contributed by atoms with E-state index in [0.717, 1.165) is 49.8 Å². The number of nitrogens with zero attached hydrogens (tertiary/aromatic N) is 3. The van der Waals surface area contributed by atoms with E-state index in [1.165, 1.54) is 0 Å². The molecule has 5 rings (SSSR count). The number of hydrazine groups is 1. The molecule has 2 aliphatic heterocycles. The maximum absolute atomic E-state index is 12.6. The fraction of sp³-hybridized carbons (Fsp3) is 0.565. The van der Waals surface area contributed by atoms with E-state index < -0.39 is 0 Å². The van der Waals surface area contributed by atoms with Gasteiger partial charge in [-0.25, -0.2) is 9.80 Å². The second kappa shape index (κ2) is 8.86. The average Bonchev–Trinajstić information content (AvgIpc) is 3.44. The van der Waals surface area contributed by atoms with Crippen LogP contribution in [0.5, 0.6) is 0 Å². The number of carbonyl (C=O) groups excluding carboxylic acids is 1. The van der Waals surface area contributed by atoms with Crippen LogP contribution in [-0.4, -0.2) is 53.4 Å². The molecule has 3 heterocycles. The summed E-state index contributed by atoms with van der Waals surface area (Å²) in [7, 11) is 3.66. The third kappa shape index (κ3) is 4.23. The van der Waals surface area contributed by atoms with Crippen molar-refractivity contribution in [1.82, 2.24) is 20.5 Å². The molecule has 0 unspecified atom stereocenters. The summed E-state index contributed by atoms with van der Waals surface area (Å²) >= 11 is 12.9. The van der Waals surface area contributed by atoms with Crippen LogP contribution < -0.4 is 5.43 Å². The average molecular weight is 479 g/mol. The Morgan fingerprint density at radius 3 is 2.44 bits per heavy atom. The summed E-state index contributed by atoms with van der Waals surface area (Å²) in [6.07, 6.45) is 6.00. The predicted molar refractivity (Wildman–Crippen MR) is 123 cm³/mol. The van der Waals surface area contributed by atoms with Gasteiger partial charge in [0.15, 0.2) is 0 Å². The van der Waals surface area contributed by atoms with Crippen molar-refractivity contribution in [2.75, 3.05) is 14.1 Å². The number of amides is 2. The topological polar surface area (TPSA) is 70.8 Å². The number of hydrogen-bond donors (Lipinski definition) is 1. The van der Waals surface area contributed by atoms with Crippen molar-refractivity contribution < 1.29 is 14.1 Å². The van der Waals surface area contributed by atoms with Crippen LogP contribution in [0.15, 0.2) is 22.7 Å². The molecule has 0 spiro atoms. The molecule has 3 aliphatic rings. The number of carbonyl (C=O) groups is 1. The monoisotopic (exact) mass is 478 g/mol. The van der Waals surface area contributed by atoms with Crippen LogP contribution in [0, 0.1) is 0 Å². The van der Waals surface area contributed by atoms with E-state index in [9.17, 15) is 4.79 Å². The molecule has 3 atom stereocenters. The van der Waals surface area contributed by atoms with Gasteiger partial charge in [0.05, 0.1) is 22.8 Å². The fourth-order valence-corrected chi connectivity index (χ4v) is 5.67. The molecule has 1 saturated carbocycles. The molecule has 32 heavy (non-hydrogen) atoms. The van der Waals surface area contributed by atoms with Gasteiger partial charge in [-0.2, -0.15) is 0 Å². The molecule has 1 aromatic carbocycles. The van der Waals surface area contributed by atoms with Crippen molar-refractivity contribution in [3.05, 3.63) is 39.6 Å². The summed E-state index contributed by atoms with van der Waals surface area (Å²) in [5.41, 5.74) is 5.20. The van der Waals surface area contributed by atoms with Gasteiger partial charge in [-0.3, -0.25) is 5.43 Å². The molecule has 1 aromatic heterocycles. The van der Waals surface area contributed by atoms with Crippen LogP contribution >= 0.6 is 23.2 Å². The Bertz CT molecular complexity index is 973. The SMILES string of the molecule is CN(C)NC(=O)N1[C@@H]2CC[C@H]1C[C@@H](OCc1c(-c3c(Cl)cccc3Cl)noc1C1CC1)C2. The number of hydrogen-bond acceptors (Lipinski definition) is 5. The third-order valence-corrected chi connectivity index (χ3v) is 7.30. The predicted octanol–water partition coefficient (Wildman–Crippen LogP) is 5.22. The van der Waals surface area contributed by atoms with Crippen molar-refractivity contribution in [1.29, 1.82) is 0 Å². The number of halogens is 2. The van der Waals surface area contributed by atoms with Gasteiger partial charge in [0.2, 0.25) is 0 Å².